The number of amides is 1. The lowest BCUT2D eigenvalue weighted by Crippen LogP contribution is -2.78. The van der Waals surface area contributed by atoms with Crippen LogP contribution in [0.2, 0.25) is 0 Å². The van der Waals surface area contributed by atoms with Crippen LogP contribution in [0.1, 0.15) is 92.6 Å². The SMILES string of the molecule is COC(=O)O[C@@]12CC[C@@H]1C[C@H](O)[C@@]1(C)C(=O)[C@H](OC(C)=O)C3=C(C)[C@@H](OC(=O)[C@H](O)[C@@H](NC(=O)c4ccccc4)c4ccccc4)C[C@@](O)([C@@H](OC(=O)c4ccccc4)[C@H]21)C3(C)C. The van der Waals surface area contributed by atoms with E-state index in [9.17, 15) is 39.3 Å². The summed E-state index contributed by atoms with van der Waals surface area (Å²) in [4.78, 5) is 83.9. The number of aliphatic hydroxyl groups is 3. The summed E-state index contributed by atoms with van der Waals surface area (Å²) >= 11 is 0. The van der Waals surface area contributed by atoms with Crippen LogP contribution in [0.25, 0.3) is 0 Å². The largest absolute Gasteiger partial charge is 0.508 e. The summed E-state index contributed by atoms with van der Waals surface area (Å²) in [6, 6.07) is 23.0. The highest BCUT2D eigenvalue weighted by Gasteiger charge is 2.77. The van der Waals surface area contributed by atoms with E-state index in [0.29, 0.717) is 12.0 Å². The number of esters is 3. The van der Waals surface area contributed by atoms with Crippen LogP contribution in [-0.2, 0) is 38.1 Å². The molecule has 0 unspecified atom stereocenters. The number of ether oxygens (including phenoxy) is 5. The summed E-state index contributed by atoms with van der Waals surface area (Å²) in [5, 5.41) is 40.4. The zero-order chi connectivity index (χ0) is 45.6. The molecule has 15 heteroatoms. The van der Waals surface area contributed by atoms with Crippen LogP contribution in [0.15, 0.2) is 102 Å². The lowest BCUT2D eigenvalue weighted by molar-refractivity contribution is -0.293. The third-order valence-electron chi connectivity index (χ3n) is 14.2. The maximum atomic E-state index is 15.6. The van der Waals surface area contributed by atoms with Gasteiger partial charge < -0.3 is 44.3 Å². The van der Waals surface area contributed by atoms with Gasteiger partial charge in [0.05, 0.1) is 36.2 Å². The molecule has 63 heavy (non-hydrogen) atoms. The van der Waals surface area contributed by atoms with Crippen molar-refractivity contribution in [2.24, 2.45) is 22.7 Å². The summed E-state index contributed by atoms with van der Waals surface area (Å²) in [6.07, 6.45) is -9.76. The van der Waals surface area contributed by atoms with E-state index in [0.717, 1.165) is 14.0 Å². The minimum Gasteiger partial charge on any atom is -0.456 e. The van der Waals surface area contributed by atoms with Gasteiger partial charge in [-0.25, -0.2) is 14.4 Å². The number of rotatable bonds is 10. The molecule has 4 aliphatic carbocycles. The number of nitrogens with one attached hydrogen (secondary N) is 1. The smallest absolute Gasteiger partial charge is 0.456 e. The van der Waals surface area contributed by atoms with Crippen molar-refractivity contribution >= 4 is 35.8 Å². The maximum absolute atomic E-state index is 15.6. The Labute approximate surface area is 364 Å². The minimum absolute atomic E-state index is 0.00651. The highest BCUT2D eigenvalue weighted by molar-refractivity contribution is 5.96. The maximum Gasteiger partial charge on any atom is 0.508 e. The molecule has 0 radical (unpaired) electrons. The van der Waals surface area contributed by atoms with E-state index >= 15 is 4.79 Å². The second kappa shape index (κ2) is 17.0. The predicted molar refractivity (Wildman–Crippen MR) is 222 cm³/mol. The number of hydrogen-bond acceptors (Lipinski definition) is 14. The van der Waals surface area contributed by atoms with Crippen LogP contribution >= 0.6 is 0 Å². The molecule has 3 fully saturated rings. The van der Waals surface area contributed by atoms with Gasteiger partial charge in [-0.15, -0.1) is 0 Å². The van der Waals surface area contributed by atoms with E-state index in [2.05, 4.69) is 5.32 Å². The van der Waals surface area contributed by atoms with Gasteiger partial charge in [-0.1, -0.05) is 80.6 Å². The van der Waals surface area contributed by atoms with Gasteiger partial charge in [-0.2, -0.15) is 0 Å². The van der Waals surface area contributed by atoms with E-state index in [-0.39, 0.29) is 35.1 Å². The van der Waals surface area contributed by atoms with Gasteiger partial charge in [0.25, 0.3) is 5.91 Å². The van der Waals surface area contributed by atoms with Gasteiger partial charge in [-0.05, 0) is 74.1 Å². The van der Waals surface area contributed by atoms with Gasteiger partial charge in [0.1, 0.15) is 23.4 Å². The molecule has 7 rings (SSSR count). The fraction of sp³-hybridized carbons (Fsp3) is 0.458. The molecule has 0 spiro atoms. The van der Waals surface area contributed by atoms with Gasteiger partial charge >= 0.3 is 24.1 Å². The molecule has 3 aromatic carbocycles. The Hall–Kier alpha value is -5.90. The number of fused-ring (bicyclic) bond motifs is 5. The van der Waals surface area contributed by atoms with Crippen molar-refractivity contribution in [2.75, 3.05) is 7.11 Å². The number of carbonyl (C=O) groups excluding carboxylic acids is 6. The molecule has 0 aliphatic heterocycles. The summed E-state index contributed by atoms with van der Waals surface area (Å²) in [7, 11) is 1.11. The first-order valence-electron chi connectivity index (χ1n) is 21.0. The van der Waals surface area contributed by atoms with Crippen molar-refractivity contribution in [3.05, 3.63) is 119 Å². The molecular formula is C48H53NO14. The Kier molecular flexibility index (Phi) is 12.2. The lowest BCUT2D eigenvalue weighted by Gasteiger charge is -2.68. The zero-order valence-corrected chi connectivity index (χ0v) is 35.9. The number of ketones is 1. The van der Waals surface area contributed by atoms with Gasteiger partial charge in [0.15, 0.2) is 18.0 Å². The second-order valence-corrected chi connectivity index (χ2v) is 17.8. The molecule has 2 bridgehead atoms. The van der Waals surface area contributed by atoms with Gasteiger partial charge in [0.2, 0.25) is 0 Å². The van der Waals surface area contributed by atoms with Crippen molar-refractivity contribution in [3.63, 3.8) is 0 Å². The van der Waals surface area contributed by atoms with Crippen molar-refractivity contribution < 1.29 is 67.8 Å². The van der Waals surface area contributed by atoms with Crippen molar-refractivity contribution in [1.29, 1.82) is 0 Å². The van der Waals surface area contributed by atoms with Crippen LogP contribution in [0.3, 0.4) is 0 Å². The van der Waals surface area contributed by atoms with E-state index in [1.165, 1.54) is 26.0 Å². The first-order chi connectivity index (χ1) is 29.8. The number of benzene rings is 3. The Morgan fingerprint density at radius 3 is 1.98 bits per heavy atom. The Morgan fingerprint density at radius 1 is 0.841 bits per heavy atom. The zero-order valence-electron chi connectivity index (χ0n) is 35.9. The second-order valence-electron chi connectivity index (χ2n) is 17.8. The number of Topliss-reactive ketones (excluding diaryl/α,β-unsaturated/α-hetero) is 1. The third-order valence-corrected chi connectivity index (χ3v) is 14.2. The fourth-order valence-corrected chi connectivity index (χ4v) is 10.7. The van der Waals surface area contributed by atoms with E-state index in [4.69, 9.17) is 23.7 Å². The van der Waals surface area contributed by atoms with Crippen LogP contribution in [0, 0.1) is 22.7 Å². The first kappa shape index (κ1) is 45.1. The molecule has 3 aromatic rings. The van der Waals surface area contributed by atoms with Crippen molar-refractivity contribution in [1.82, 2.24) is 5.32 Å². The number of hydrogen-bond donors (Lipinski definition) is 4. The van der Waals surface area contributed by atoms with Crippen LogP contribution in [0.4, 0.5) is 4.79 Å². The van der Waals surface area contributed by atoms with Gasteiger partial charge in [-0.3, -0.25) is 14.4 Å². The Balaban J connectivity index is 1.39. The molecule has 0 aromatic heterocycles. The molecule has 1 amide bonds. The van der Waals surface area contributed by atoms with Crippen LogP contribution in [-0.4, -0.2) is 99.9 Å². The van der Waals surface area contributed by atoms with Gasteiger partial charge in [0, 0.05) is 30.2 Å². The fourth-order valence-electron chi connectivity index (χ4n) is 10.7. The van der Waals surface area contributed by atoms with E-state index in [1.807, 2.05) is 0 Å². The van der Waals surface area contributed by atoms with E-state index < -0.39 is 113 Å². The number of carbonyl (C=O) groups is 6. The highest BCUT2D eigenvalue weighted by Crippen LogP contribution is 2.67. The van der Waals surface area contributed by atoms with E-state index in [1.54, 1.807) is 92.7 Å². The highest BCUT2D eigenvalue weighted by atomic mass is 16.7. The standard InChI is InChI=1S/C48H53NO14/c1-26-32(61-43(56)36(52)35(28-16-10-7-11-17-28)49-41(54)29-18-12-8-13-19-29)25-48(58)40(62-42(55)30-20-14-9-15-21-30)38-46(5,39(53)37(60-27(2)50)34(26)45(48,3)4)33(51)24-31-22-23-47(31,38)63-44(57)59-6/h7-21,31-33,35-38,40,51-52,58H,22-25H2,1-6H3,(H,49,54)/t31-,32+,33+,35+,36-,37-,38+,40+,46-,47+,48-/m1/s1. The minimum atomic E-state index is -2.38. The van der Waals surface area contributed by atoms with Crippen molar-refractivity contribution in [2.45, 2.75) is 108 Å². The topological polar surface area (TPSA) is 221 Å². The molecule has 15 nitrogen and oxygen atoms in total. The Bertz CT molecular complexity index is 2300. The predicted octanol–water partition coefficient (Wildman–Crippen LogP) is 4.97. The first-order valence-corrected chi connectivity index (χ1v) is 21.0. The number of aliphatic hydroxyl groups excluding tert-OH is 2. The molecule has 3 saturated carbocycles. The lowest BCUT2D eigenvalue weighted by atomic mass is 9.41. The number of methoxy groups -OCH3 is 1. The molecule has 0 heterocycles. The molecule has 0 saturated heterocycles. The quantitative estimate of drug-likeness (QED) is 0.120. The van der Waals surface area contributed by atoms with Crippen LogP contribution < -0.4 is 5.32 Å². The summed E-state index contributed by atoms with van der Waals surface area (Å²) in [5.41, 5.74) is -6.85. The summed E-state index contributed by atoms with van der Waals surface area (Å²) in [5.74, 6) is -6.56. The monoisotopic (exact) mass is 867 g/mol. The molecule has 4 N–H and O–H groups in total. The molecule has 11 atom stereocenters. The summed E-state index contributed by atoms with van der Waals surface area (Å²) in [6.45, 7) is 7.20. The molecule has 334 valence electrons. The Morgan fingerprint density at radius 2 is 1.43 bits per heavy atom. The molecular weight excluding hydrogens is 815 g/mol. The molecule has 4 aliphatic rings. The van der Waals surface area contributed by atoms with Crippen molar-refractivity contribution in [3.8, 4) is 0 Å². The summed E-state index contributed by atoms with van der Waals surface area (Å²) < 4.78 is 29.5. The van der Waals surface area contributed by atoms with Crippen LogP contribution in [0.5, 0.6) is 0 Å². The normalized spacial score (nSPS) is 31.5. The average Bonchev–Trinajstić information content (AvgIpc) is 3.26. The average molecular weight is 868 g/mol. The third kappa shape index (κ3) is 7.59.